The van der Waals surface area contributed by atoms with Gasteiger partial charge in [-0.3, -0.25) is 4.79 Å². The number of benzene rings is 2. The summed E-state index contributed by atoms with van der Waals surface area (Å²) in [5.74, 6) is 1.88. The van der Waals surface area contributed by atoms with Gasteiger partial charge in [0, 0.05) is 23.1 Å². The molecule has 0 saturated carbocycles. The lowest BCUT2D eigenvalue weighted by molar-refractivity contribution is -0.120. The molecule has 0 bridgehead atoms. The monoisotopic (exact) mass is 359 g/mol. The van der Waals surface area contributed by atoms with Crippen LogP contribution in [0.5, 0.6) is 17.2 Å². The fourth-order valence-corrected chi connectivity index (χ4v) is 4.07. The molecule has 2 aromatic carbocycles. The zero-order valence-corrected chi connectivity index (χ0v) is 15.3. The van der Waals surface area contributed by atoms with Crippen LogP contribution < -0.4 is 19.5 Å². The van der Waals surface area contributed by atoms with Crippen LogP contribution in [-0.4, -0.2) is 32.5 Å². The average Bonchev–Trinajstić information content (AvgIpc) is 3.09. The van der Waals surface area contributed by atoms with Crippen LogP contribution in [-0.2, 0) is 17.8 Å². The Bertz CT molecular complexity index is 753. The van der Waals surface area contributed by atoms with E-state index in [1.165, 1.54) is 10.5 Å². The third-order valence-electron chi connectivity index (χ3n) is 4.18. The average molecular weight is 359 g/mol. The van der Waals surface area contributed by atoms with Crippen LogP contribution in [0.1, 0.15) is 11.1 Å². The van der Waals surface area contributed by atoms with Gasteiger partial charge in [0.15, 0.2) is 11.5 Å². The van der Waals surface area contributed by atoms with E-state index in [-0.39, 0.29) is 11.2 Å². The number of methoxy groups -OCH3 is 3. The molecule has 1 amide bonds. The van der Waals surface area contributed by atoms with E-state index < -0.39 is 0 Å². The SMILES string of the molecule is COc1cc(OC)c(OC)cc1CNC(=O)[C@@H]1Cc2ccccc2S1. The van der Waals surface area contributed by atoms with Crippen LogP contribution >= 0.6 is 11.8 Å². The Kier molecular flexibility index (Phi) is 5.38. The van der Waals surface area contributed by atoms with E-state index in [1.54, 1.807) is 39.2 Å². The molecule has 0 unspecified atom stereocenters. The van der Waals surface area contributed by atoms with Gasteiger partial charge in [-0.15, -0.1) is 11.8 Å². The molecule has 5 nitrogen and oxygen atoms in total. The maximum atomic E-state index is 12.5. The Balaban J connectivity index is 1.68. The van der Waals surface area contributed by atoms with Gasteiger partial charge in [0.1, 0.15) is 5.75 Å². The Morgan fingerprint density at radius 2 is 1.76 bits per heavy atom. The van der Waals surface area contributed by atoms with Gasteiger partial charge in [-0.1, -0.05) is 18.2 Å². The number of carbonyl (C=O) groups excluding carboxylic acids is 1. The highest BCUT2D eigenvalue weighted by molar-refractivity contribution is 8.01. The molecular formula is C19H21NO4S. The molecule has 0 aromatic heterocycles. The lowest BCUT2D eigenvalue weighted by Crippen LogP contribution is -2.32. The fourth-order valence-electron chi connectivity index (χ4n) is 2.86. The zero-order valence-electron chi connectivity index (χ0n) is 14.5. The minimum absolute atomic E-state index is 0.0260. The smallest absolute Gasteiger partial charge is 0.234 e. The van der Waals surface area contributed by atoms with Crippen molar-refractivity contribution in [2.45, 2.75) is 23.1 Å². The fraction of sp³-hybridized carbons (Fsp3) is 0.316. The van der Waals surface area contributed by atoms with Gasteiger partial charge >= 0.3 is 0 Å². The van der Waals surface area contributed by atoms with Gasteiger partial charge in [0.05, 0.1) is 26.6 Å². The van der Waals surface area contributed by atoms with Crippen LogP contribution in [0, 0.1) is 0 Å². The summed E-state index contributed by atoms with van der Waals surface area (Å²) in [7, 11) is 4.75. The van der Waals surface area contributed by atoms with Crippen molar-refractivity contribution in [1.82, 2.24) is 5.32 Å². The summed E-state index contributed by atoms with van der Waals surface area (Å²) in [6.07, 6.45) is 0.760. The van der Waals surface area contributed by atoms with Crippen molar-refractivity contribution in [2.75, 3.05) is 21.3 Å². The van der Waals surface area contributed by atoms with Crippen molar-refractivity contribution in [3.05, 3.63) is 47.5 Å². The molecule has 1 atom stereocenters. The van der Waals surface area contributed by atoms with Gasteiger partial charge in [-0.25, -0.2) is 0 Å². The van der Waals surface area contributed by atoms with E-state index in [1.807, 2.05) is 18.2 Å². The molecule has 0 aliphatic carbocycles. The Morgan fingerprint density at radius 3 is 2.44 bits per heavy atom. The number of thioether (sulfide) groups is 1. The summed E-state index contributed by atoms with van der Waals surface area (Å²) < 4.78 is 16.0. The zero-order chi connectivity index (χ0) is 17.8. The molecule has 1 aliphatic heterocycles. The van der Waals surface area contributed by atoms with E-state index in [0.717, 1.165) is 12.0 Å². The maximum absolute atomic E-state index is 12.5. The first-order chi connectivity index (χ1) is 12.2. The summed E-state index contributed by atoms with van der Waals surface area (Å²) in [5, 5.41) is 2.91. The number of rotatable bonds is 6. The van der Waals surface area contributed by atoms with Crippen LogP contribution in [0.4, 0.5) is 0 Å². The lowest BCUT2D eigenvalue weighted by atomic mass is 10.1. The topological polar surface area (TPSA) is 56.8 Å². The Hall–Kier alpha value is -2.34. The number of hydrogen-bond acceptors (Lipinski definition) is 5. The standard InChI is InChI=1S/C19H21NO4S/c1-22-14-10-16(24-3)15(23-2)8-13(14)11-20-19(21)18-9-12-6-4-5-7-17(12)25-18/h4-8,10,18H,9,11H2,1-3H3,(H,20,21)/t18-/m0/s1. The van der Waals surface area contributed by atoms with E-state index in [0.29, 0.717) is 23.8 Å². The molecule has 6 heteroatoms. The predicted octanol–water partition coefficient (Wildman–Crippen LogP) is 3.05. The summed E-state index contributed by atoms with van der Waals surface area (Å²) in [5.41, 5.74) is 2.07. The molecule has 1 aliphatic rings. The van der Waals surface area contributed by atoms with E-state index >= 15 is 0 Å². The first-order valence-electron chi connectivity index (χ1n) is 7.97. The molecule has 25 heavy (non-hydrogen) atoms. The Labute approximate surface area is 151 Å². The van der Waals surface area contributed by atoms with Crippen molar-refractivity contribution >= 4 is 17.7 Å². The summed E-state index contributed by atoms with van der Waals surface area (Å²) >= 11 is 1.62. The highest BCUT2D eigenvalue weighted by atomic mass is 32.2. The van der Waals surface area contributed by atoms with Crippen LogP contribution in [0.15, 0.2) is 41.3 Å². The first kappa shape index (κ1) is 17.5. The van der Waals surface area contributed by atoms with Crippen LogP contribution in [0.25, 0.3) is 0 Å². The van der Waals surface area contributed by atoms with Gasteiger partial charge < -0.3 is 19.5 Å². The molecular weight excluding hydrogens is 338 g/mol. The van der Waals surface area contributed by atoms with Crippen molar-refractivity contribution in [3.8, 4) is 17.2 Å². The molecule has 0 fully saturated rings. The quantitative estimate of drug-likeness (QED) is 0.859. The molecule has 0 spiro atoms. The van der Waals surface area contributed by atoms with Crippen molar-refractivity contribution in [1.29, 1.82) is 0 Å². The van der Waals surface area contributed by atoms with Gasteiger partial charge in [0.25, 0.3) is 0 Å². The highest BCUT2D eigenvalue weighted by Gasteiger charge is 2.28. The third-order valence-corrected chi connectivity index (χ3v) is 5.50. The van der Waals surface area contributed by atoms with E-state index in [2.05, 4.69) is 17.4 Å². The van der Waals surface area contributed by atoms with Crippen molar-refractivity contribution < 1.29 is 19.0 Å². The largest absolute Gasteiger partial charge is 0.496 e. The minimum atomic E-state index is -0.0939. The number of amides is 1. The number of fused-ring (bicyclic) bond motifs is 1. The van der Waals surface area contributed by atoms with Crippen molar-refractivity contribution in [2.24, 2.45) is 0 Å². The Morgan fingerprint density at radius 1 is 1.08 bits per heavy atom. The number of carbonyl (C=O) groups is 1. The number of ether oxygens (including phenoxy) is 3. The number of nitrogens with one attached hydrogen (secondary N) is 1. The van der Waals surface area contributed by atoms with Crippen molar-refractivity contribution in [3.63, 3.8) is 0 Å². The summed E-state index contributed by atoms with van der Waals surface area (Å²) in [6, 6.07) is 11.7. The molecule has 1 heterocycles. The molecule has 1 N–H and O–H groups in total. The van der Waals surface area contributed by atoms with Crippen LogP contribution in [0.3, 0.4) is 0 Å². The maximum Gasteiger partial charge on any atom is 0.234 e. The predicted molar refractivity (Wildman–Crippen MR) is 97.7 cm³/mol. The van der Waals surface area contributed by atoms with Gasteiger partial charge in [0.2, 0.25) is 5.91 Å². The first-order valence-corrected chi connectivity index (χ1v) is 8.85. The second-order valence-electron chi connectivity index (χ2n) is 5.66. The molecule has 2 aromatic rings. The summed E-state index contributed by atoms with van der Waals surface area (Å²) in [4.78, 5) is 13.7. The summed E-state index contributed by atoms with van der Waals surface area (Å²) in [6.45, 7) is 0.371. The third kappa shape index (κ3) is 3.69. The second-order valence-corrected chi connectivity index (χ2v) is 6.90. The number of hydrogen-bond donors (Lipinski definition) is 1. The molecule has 3 rings (SSSR count). The molecule has 132 valence electrons. The minimum Gasteiger partial charge on any atom is -0.496 e. The van der Waals surface area contributed by atoms with Gasteiger partial charge in [-0.05, 0) is 24.1 Å². The van der Waals surface area contributed by atoms with Gasteiger partial charge in [-0.2, -0.15) is 0 Å². The van der Waals surface area contributed by atoms with E-state index in [9.17, 15) is 4.79 Å². The lowest BCUT2D eigenvalue weighted by Gasteiger charge is -2.15. The van der Waals surface area contributed by atoms with E-state index in [4.69, 9.17) is 14.2 Å². The molecule has 0 saturated heterocycles. The second kappa shape index (κ2) is 7.70. The molecule has 0 radical (unpaired) electrons. The normalized spacial score (nSPS) is 15.4. The highest BCUT2D eigenvalue weighted by Crippen LogP contribution is 2.37. The van der Waals surface area contributed by atoms with Crippen LogP contribution in [0.2, 0.25) is 0 Å².